The minimum Gasteiger partial charge on any atom is -0.300 e. The van der Waals surface area contributed by atoms with Crippen LogP contribution in [-0.2, 0) is 15.8 Å². The van der Waals surface area contributed by atoms with E-state index in [9.17, 15) is 9.59 Å². The Morgan fingerprint density at radius 3 is 1.90 bits per heavy atom. The number of hydrogen-bond donors (Lipinski definition) is 0. The third-order valence-corrected chi connectivity index (χ3v) is 11.5. The van der Waals surface area contributed by atoms with Crippen molar-refractivity contribution >= 4 is 29.9 Å². The average molecular weight is 438 g/mol. The highest BCUT2D eigenvalue weighted by atomic mass is 32.2. The zero-order valence-electron chi connectivity index (χ0n) is 19.2. The molecule has 2 nitrogen and oxygen atoms in total. The van der Waals surface area contributed by atoms with Gasteiger partial charge in [-0.2, -0.15) is 0 Å². The maximum atomic E-state index is 12.5. The summed E-state index contributed by atoms with van der Waals surface area (Å²) in [5, 5.41) is 0.124. The topological polar surface area (TPSA) is 34.1 Å². The Hall–Kier alpha value is -0.660. The average Bonchev–Trinajstić information content (AvgIpc) is 2.74. The zero-order valence-corrected chi connectivity index (χ0v) is 20.9. The van der Waals surface area contributed by atoms with Crippen molar-refractivity contribution in [3.8, 4) is 0 Å². The van der Waals surface area contributed by atoms with E-state index >= 15 is 0 Å². The van der Waals surface area contributed by atoms with Gasteiger partial charge < -0.3 is 0 Å². The van der Waals surface area contributed by atoms with Crippen molar-refractivity contribution in [3.63, 3.8) is 0 Å². The SMILES string of the molecule is CCCC[P+](CCCC)(CCCC)Cc1ccccc1SC(=O)CCC(=O)CC. The summed E-state index contributed by atoms with van der Waals surface area (Å²) in [4.78, 5) is 25.2. The summed E-state index contributed by atoms with van der Waals surface area (Å²) in [6.45, 7) is 8.76. The summed E-state index contributed by atoms with van der Waals surface area (Å²) in [5.41, 5.74) is 1.37. The van der Waals surface area contributed by atoms with Crippen LogP contribution in [0.3, 0.4) is 0 Å². The van der Waals surface area contributed by atoms with Crippen molar-refractivity contribution in [2.75, 3.05) is 18.5 Å². The van der Waals surface area contributed by atoms with Gasteiger partial charge in [0.15, 0.2) is 5.12 Å². The third-order valence-electron chi connectivity index (χ3n) is 5.66. The summed E-state index contributed by atoms with van der Waals surface area (Å²) < 4.78 is 0. The highest BCUT2D eigenvalue weighted by molar-refractivity contribution is 8.13. The molecule has 0 aliphatic heterocycles. The van der Waals surface area contributed by atoms with Crippen LogP contribution in [0.4, 0.5) is 0 Å². The van der Waals surface area contributed by atoms with Crippen LogP contribution in [0.5, 0.6) is 0 Å². The predicted octanol–water partition coefficient (Wildman–Crippen LogP) is 7.98. The Labute approximate surface area is 184 Å². The second-order valence-corrected chi connectivity index (χ2v) is 13.6. The molecule has 29 heavy (non-hydrogen) atoms. The summed E-state index contributed by atoms with van der Waals surface area (Å²) in [6, 6.07) is 8.51. The van der Waals surface area contributed by atoms with E-state index in [1.807, 2.05) is 13.0 Å². The van der Waals surface area contributed by atoms with Crippen molar-refractivity contribution in [3.05, 3.63) is 29.8 Å². The van der Waals surface area contributed by atoms with Crippen LogP contribution in [0.2, 0.25) is 0 Å². The fraction of sp³-hybridized carbons (Fsp3) is 0.680. The van der Waals surface area contributed by atoms with Crippen molar-refractivity contribution in [2.45, 2.75) is 96.5 Å². The largest absolute Gasteiger partial charge is 0.300 e. The molecule has 0 atom stereocenters. The van der Waals surface area contributed by atoms with Crippen molar-refractivity contribution in [1.29, 1.82) is 0 Å². The van der Waals surface area contributed by atoms with E-state index < -0.39 is 7.26 Å². The molecule has 0 amide bonds. The lowest BCUT2D eigenvalue weighted by molar-refractivity contribution is -0.121. The minimum atomic E-state index is -1.05. The molecule has 1 aromatic rings. The van der Waals surface area contributed by atoms with Gasteiger partial charge >= 0.3 is 0 Å². The highest BCUT2D eigenvalue weighted by Crippen LogP contribution is 2.63. The number of Topliss-reactive ketones (excluding diaryl/α,β-unsaturated/α-hetero) is 1. The molecule has 0 spiro atoms. The molecular weight excluding hydrogens is 395 g/mol. The van der Waals surface area contributed by atoms with Gasteiger partial charge in [-0.05, 0) is 25.3 Å². The van der Waals surface area contributed by atoms with Crippen molar-refractivity contribution in [1.82, 2.24) is 0 Å². The van der Waals surface area contributed by atoms with E-state index in [0.717, 1.165) is 4.90 Å². The first-order valence-corrected chi connectivity index (χ1v) is 15.0. The number of carbonyl (C=O) groups is 2. The standard InChI is InChI=1S/C25H42O2PS/c1-5-9-18-28(19-10-6-2,20-11-7-3)21-22-14-12-13-15-24(22)29-25(27)17-16-23(26)8-4/h12-15H,5-11,16-21H2,1-4H3/q+1. The summed E-state index contributed by atoms with van der Waals surface area (Å²) in [6.07, 6.45) is 14.4. The van der Waals surface area contributed by atoms with E-state index in [1.54, 1.807) is 0 Å². The van der Waals surface area contributed by atoms with Crippen LogP contribution in [0, 0.1) is 0 Å². The molecule has 0 N–H and O–H groups in total. The number of rotatable bonds is 16. The molecule has 0 radical (unpaired) electrons. The molecule has 0 saturated heterocycles. The van der Waals surface area contributed by atoms with Gasteiger partial charge in [-0.3, -0.25) is 9.59 Å². The predicted molar refractivity (Wildman–Crippen MR) is 132 cm³/mol. The molecular formula is C25H42O2PS+. The van der Waals surface area contributed by atoms with E-state index in [-0.39, 0.29) is 10.9 Å². The van der Waals surface area contributed by atoms with Gasteiger partial charge in [0, 0.05) is 37.0 Å². The zero-order chi connectivity index (χ0) is 21.5. The quantitative estimate of drug-likeness (QED) is 0.194. The first-order chi connectivity index (χ1) is 14.0. The molecule has 0 heterocycles. The first-order valence-electron chi connectivity index (χ1n) is 11.7. The normalized spacial score (nSPS) is 11.6. The molecule has 164 valence electrons. The molecule has 0 unspecified atom stereocenters. The van der Waals surface area contributed by atoms with Crippen LogP contribution in [0.25, 0.3) is 0 Å². The summed E-state index contributed by atoms with van der Waals surface area (Å²) in [5.74, 6) is 0.177. The number of thioether (sulfide) groups is 1. The van der Waals surface area contributed by atoms with Gasteiger partial charge in [-0.15, -0.1) is 0 Å². The second-order valence-electron chi connectivity index (χ2n) is 8.21. The Bertz CT molecular complexity index is 593. The summed E-state index contributed by atoms with van der Waals surface area (Å²) >= 11 is 1.36. The minimum absolute atomic E-state index is 0.124. The number of unbranched alkanes of at least 4 members (excludes halogenated alkanes) is 3. The molecule has 0 aliphatic rings. The molecule has 0 aromatic heterocycles. The Kier molecular flexibility index (Phi) is 13.8. The number of benzene rings is 1. The van der Waals surface area contributed by atoms with Crippen LogP contribution in [0.15, 0.2) is 29.2 Å². The molecule has 0 fully saturated rings. The lowest BCUT2D eigenvalue weighted by atomic mass is 10.2. The third kappa shape index (κ3) is 10.3. The van der Waals surface area contributed by atoms with Gasteiger partial charge in [0.2, 0.25) is 0 Å². The number of hydrogen-bond acceptors (Lipinski definition) is 3. The highest BCUT2D eigenvalue weighted by Gasteiger charge is 2.36. The van der Waals surface area contributed by atoms with Crippen LogP contribution in [0.1, 0.15) is 91.0 Å². The van der Waals surface area contributed by atoms with Gasteiger partial charge in [0.25, 0.3) is 0 Å². The molecule has 0 aliphatic carbocycles. The maximum Gasteiger partial charge on any atom is 0.194 e. The van der Waals surface area contributed by atoms with Crippen LogP contribution >= 0.6 is 19.0 Å². The lowest BCUT2D eigenvalue weighted by Gasteiger charge is -2.29. The van der Waals surface area contributed by atoms with Crippen LogP contribution in [-0.4, -0.2) is 29.4 Å². The fourth-order valence-electron chi connectivity index (χ4n) is 3.74. The maximum absolute atomic E-state index is 12.5. The van der Waals surface area contributed by atoms with Crippen molar-refractivity contribution in [2.24, 2.45) is 0 Å². The van der Waals surface area contributed by atoms with Crippen LogP contribution < -0.4 is 0 Å². The second kappa shape index (κ2) is 15.2. The number of carbonyl (C=O) groups excluding carboxylic acids is 2. The van der Waals surface area contributed by atoms with E-state index in [2.05, 4.69) is 39.0 Å². The van der Waals surface area contributed by atoms with Gasteiger partial charge in [-0.1, -0.05) is 76.9 Å². The van der Waals surface area contributed by atoms with Gasteiger partial charge in [0.05, 0.1) is 24.6 Å². The van der Waals surface area contributed by atoms with Crippen molar-refractivity contribution < 1.29 is 9.59 Å². The Balaban J connectivity index is 2.99. The van der Waals surface area contributed by atoms with Gasteiger partial charge in [0.1, 0.15) is 5.78 Å². The summed E-state index contributed by atoms with van der Waals surface area (Å²) in [7, 11) is -1.05. The molecule has 1 aromatic carbocycles. The molecule has 0 bridgehead atoms. The molecule has 0 saturated carbocycles. The Morgan fingerprint density at radius 1 is 0.828 bits per heavy atom. The van der Waals surface area contributed by atoms with Gasteiger partial charge in [-0.25, -0.2) is 0 Å². The van der Waals surface area contributed by atoms with E-state index in [1.165, 1.54) is 80.5 Å². The lowest BCUT2D eigenvalue weighted by Crippen LogP contribution is -2.12. The van der Waals surface area contributed by atoms with E-state index in [4.69, 9.17) is 0 Å². The first kappa shape index (κ1) is 26.4. The monoisotopic (exact) mass is 437 g/mol. The Morgan fingerprint density at radius 2 is 1.38 bits per heavy atom. The smallest absolute Gasteiger partial charge is 0.194 e. The van der Waals surface area contributed by atoms with E-state index in [0.29, 0.717) is 19.3 Å². The molecule has 4 heteroatoms. The fourth-order valence-corrected chi connectivity index (χ4v) is 9.82. The molecule has 1 rings (SSSR count). The number of ketones is 1.